The second kappa shape index (κ2) is 14.6. The fraction of sp³-hybridized carbons (Fsp3) is 0.379. The number of amides is 3. The number of halogens is 2. The number of aryl methyl sites for hydroxylation is 1. The van der Waals surface area contributed by atoms with Gasteiger partial charge in [-0.15, -0.1) is 23.7 Å². The molecule has 0 spiro atoms. The lowest BCUT2D eigenvalue weighted by Crippen LogP contribution is -2.33. The van der Waals surface area contributed by atoms with Crippen molar-refractivity contribution in [3.63, 3.8) is 0 Å². The van der Waals surface area contributed by atoms with Gasteiger partial charge in [0.15, 0.2) is 0 Å². The number of hydrogen-bond donors (Lipinski definition) is 0. The number of rotatable bonds is 12. The first-order valence-electron chi connectivity index (χ1n) is 13.2. The standard InChI is InChI=1S/C29H33BrN4O4S.ClH/c1-4-6-8-26-31-16-23(33(26)17-20-9-11-22(12-10-20)28(36)38-3)15-24-27(35)32(13-7-5-2)29(37)34(24)18-21-14-25(30)39-19-21;/h9-12,14-16,19H,4-8,13,17-18H2,1-3H3;1H. The minimum absolute atomic E-state index is 0. The van der Waals surface area contributed by atoms with Crippen molar-refractivity contribution >= 4 is 63.7 Å². The van der Waals surface area contributed by atoms with Gasteiger partial charge in [0, 0.05) is 19.5 Å². The molecule has 8 nitrogen and oxygen atoms in total. The number of nitrogens with zero attached hydrogens (tertiary/aromatic N) is 4. The van der Waals surface area contributed by atoms with Crippen LogP contribution in [0.3, 0.4) is 0 Å². The number of benzene rings is 1. The normalized spacial score (nSPS) is 14.2. The number of thiophene rings is 1. The molecule has 0 bridgehead atoms. The number of ether oxygens (including phenoxy) is 1. The van der Waals surface area contributed by atoms with Gasteiger partial charge in [-0.05, 0) is 69.6 Å². The molecule has 1 fully saturated rings. The number of unbranched alkanes of at least 4 members (excludes halogenated alkanes) is 2. The summed E-state index contributed by atoms with van der Waals surface area (Å²) in [4.78, 5) is 46.4. The lowest BCUT2D eigenvalue weighted by molar-refractivity contribution is -0.123. The Morgan fingerprint density at radius 3 is 2.40 bits per heavy atom. The van der Waals surface area contributed by atoms with Gasteiger partial charge in [-0.25, -0.2) is 14.6 Å². The highest BCUT2D eigenvalue weighted by Gasteiger charge is 2.40. The van der Waals surface area contributed by atoms with Gasteiger partial charge in [0.05, 0.1) is 34.9 Å². The summed E-state index contributed by atoms with van der Waals surface area (Å²) in [5, 5.41) is 1.99. The van der Waals surface area contributed by atoms with E-state index in [9.17, 15) is 14.4 Å². The molecule has 1 aliphatic heterocycles. The van der Waals surface area contributed by atoms with Crippen molar-refractivity contribution in [3.05, 3.63) is 79.6 Å². The highest BCUT2D eigenvalue weighted by atomic mass is 79.9. The zero-order valence-corrected chi connectivity index (χ0v) is 26.1. The third kappa shape index (κ3) is 7.21. The lowest BCUT2D eigenvalue weighted by atomic mass is 10.1. The Kier molecular flexibility index (Phi) is 11.5. The van der Waals surface area contributed by atoms with Crippen LogP contribution in [0.1, 0.15) is 72.5 Å². The summed E-state index contributed by atoms with van der Waals surface area (Å²) in [6.07, 6.45) is 8.00. The third-order valence-electron chi connectivity index (χ3n) is 6.64. The molecule has 1 aliphatic rings. The number of imidazole rings is 1. The van der Waals surface area contributed by atoms with E-state index >= 15 is 0 Å². The third-order valence-corrected chi connectivity index (χ3v) is 8.19. The number of aromatic nitrogens is 2. The van der Waals surface area contributed by atoms with Crippen molar-refractivity contribution in [2.45, 2.75) is 59.0 Å². The van der Waals surface area contributed by atoms with Gasteiger partial charge in [-0.2, -0.15) is 0 Å². The number of urea groups is 1. The van der Waals surface area contributed by atoms with Crippen molar-refractivity contribution in [2.24, 2.45) is 0 Å². The summed E-state index contributed by atoms with van der Waals surface area (Å²) in [6.45, 7) is 5.39. The summed E-state index contributed by atoms with van der Waals surface area (Å²) >= 11 is 5.04. The summed E-state index contributed by atoms with van der Waals surface area (Å²) < 4.78 is 7.87. The van der Waals surface area contributed by atoms with Crippen LogP contribution in [0.4, 0.5) is 4.79 Å². The van der Waals surface area contributed by atoms with E-state index < -0.39 is 0 Å². The molecule has 0 saturated carbocycles. The molecule has 0 radical (unpaired) electrons. The van der Waals surface area contributed by atoms with E-state index in [0.717, 1.165) is 58.5 Å². The number of imide groups is 1. The zero-order valence-electron chi connectivity index (χ0n) is 22.9. The largest absolute Gasteiger partial charge is 0.465 e. The van der Waals surface area contributed by atoms with Gasteiger partial charge >= 0.3 is 12.0 Å². The maximum absolute atomic E-state index is 13.5. The highest BCUT2D eigenvalue weighted by Crippen LogP contribution is 2.29. The van der Waals surface area contributed by atoms with Crippen molar-refractivity contribution in [1.29, 1.82) is 0 Å². The highest BCUT2D eigenvalue weighted by molar-refractivity contribution is 9.11. The Morgan fingerprint density at radius 2 is 1.77 bits per heavy atom. The van der Waals surface area contributed by atoms with Gasteiger partial charge in [-0.1, -0.05) is 38.8 Å². The molecule has 11 heteroatoms. The molecule has 214 valence electrons. The molecule has 0 atom stereocenters. The minimum atomic E-state index is -0.381. The SMILES string of the molecule is CCCCc1ncc(C=C2C(=O)N(CCCC)C(=O)N2Cc2csc(Br)c2)n1Cc1ccc(C(=O)OC)cc1.Cl. The van der Waals surface area contributed by atoms with E-state index in [0.29, 0.717) is 30.9 Å². The molecule has 1 saturated heterocycles. The van der Waals surface area contributed by atoms with E-state index in [1.165, 1.54) is 12.0 Å². The predicted octanol–water partition coefficient (Wildman–Crippen LogP) is 6.91. The number of carbonyl (C=O) groups excluding carboxylic acids is 3. The van der Waals surface area contributed by atoms with Gasteiger partial charge < -0.3 is 9.30 Å². The lowest BCUT2D eigenvalue weighted by Gasteiger charge is -2.17. The van der Waals surface area contributed by atoms with Crippen LogP contribution in [0.2, 0.25) is 0 Å². The molecule has 0 N–H and O–H groups in total. The molecule has 3 aromatic rings. The smallest absolute Gasteiger partial charge is 0.337 e. The Morgan fingerprint density at radius 1 is 1.05 bits per heavy atom. The molecule has 3 heterocycles. The van der Waals surface area contributed by atoms with E-state index in [1.54, 1.807) is 40.6 Å². The summed E-state index contributed by atoms with van der Waals surface area (Å²) in [5.74, 6) is 0.245. The minimum Gasteiger partial charge on any atom is -0.465 e. The fourth-order valence-corrected chi connectivity index (χ4v) is 5.65. The maximum atomic E-state index is 13.5. The van der Waals surface area contributed by atoms with Crippen LogP contribution in [-0.4, -0.2) is 50.9 Å². The summed E-state index contributed by atoms with van der Waals surface area (Å²) in [7, 11) is 1.36. The van der Waals surface area contributed by atoms with Gasteiger partial charge in [0.2, 0.25) is 0 Å². The van der Waals surface area contributed by atoms with Crippen LogP contribution < -0.4 is 0 Å². The van der Waals surface area contributed by atoms with Gasteiger partial charge in [0.25, 0.3) is 5.91 Å². The number of methoxy groups -OCH3 is 1. The molecular weight excluding hydrogens is 616 g/mol. The predicted molar refractivity (Wildman–Crippen MR) is 163 cm³/mol. The van der Waals surface area contributed by atoms with Crippen molar-refractivity contribution in [1.82, 2.24) is 19.4 Å². The maximum Gasteiger partial charge on any atom is 0.337 e. The van der Waals surface area contributed by atoms with E-state index in [4.69, 9.17) is 4.74 Å². The molecule has 0 unspecified atom stereocenters. The Balaban J connectivity index is 0.00000441. The van der Waals surface area contributed by atoms with E-state index in [2.05, 4.69) is 32.4 Å². The molecule has 1 aromatic carbocycles. The average Bonchev–Trinajstić information content (AvgIpc) is 3.59. The van der Waals surface area contributed by atoms with Crippen LogP contribution in [0.25, 0.3) is 6.08 Å². The molecular formula is C29H34BrClN4O4S. The molecule has 2 aromatic heterocycles. The average molecular weight is 650 g/mol. The Hall–Kier alpha value is -2.95. The zero-order chi connectivity index (χ0) is 27.9. The van der Waals surface area contributed by atoms with Crippen molar-refractivity contribution < 1.29 is 19.1 Å². The first-order valence-corrected chi connectivity index (χ1v) is 14.8. The molecule has 0 aliphatic carbocycles. The monoisotopic (exact) mass is 648 g/mol. The van der Waals surface area contributed by atoms with Crippen LogP contribution in [-0.2, 0) is 29.0 Å². The molecule has 40 heavy (non-hydrogen) atoms. The number of esters is 1. The van der Waals surface area contributed by atoms with Crippen LogP contribution in [0.15, 0.2) is 51.4 Å². The fourth-order valence-electron chi connectivity index (χ4n) is 4.45. The Labute approximate surface area is 253 Å². The van der Waals surface area contributed by atoms with Crippen LogP contribution in [0.5, 0.6) is 0 Å². The first-order chi connectivity index (χ1) is 18.9. The molecule has 4 rings (SSSR count). The summed E-state index contributed by atoms with van der Waals surface area (Å²) in [6, 6.07) is 8.95. The Bertz CT molecular complexity index is 1370. The second-order valence-electron chi connectivity index (χ2n) is 9.45. The van der Waals surface area contributed by atoms with Crippen molar-refractivity contribution in [2.75, 3.05) is 13.7 Å². The van der Waals surface area contributed by atoms with Gasteiger partial charge in [0.1, 0.15) is 11.5 Å². The quantitative estimate of drug-likeness (QED) is 0.121. The second-order valence-corrected chi connectivity index (χ2v) is 11.7. The topological polar surface area (TPSA) is 84.7 Å². The van der Waals surface area contributed by atoms with Crippen LogP contribution >= 0.6 is 39.7 Å². The van der Waals surface area contributed by atoms with Crippen LogP contribution in [0, 0.1) is 0 Å². The first kappa shape index (κ1) is 31.6. The van der Waals surface area contributed by atoms with Crippen molar-refractivity contribution in [3.8, 4) is 0 Å². The molecule has 3 amide bonds. The van der Waals surface area contributed by atoms with Gasteiger partial charge in [-0.3, -0.25) is 14.6 Å². The van der Waals surface area contributed by atoms with E-state index in [1.807, 2.05) is 30.5 Å². The number of hydrogen-bond acceptors (Lipinski definition) is 6. The van der Waals surface area contributed by atoms with E-state index in [-0.39, 0.29) is 30.3 Å². The summed E-state index contributed by atoms with van der Waals surface area (Å²) in [5.41, 5.74) is 3.53. The number of carbonyl (C=O) groups is 3.